The molecule has 1 unspecified atom stereocenters. The molecular formula is C12H21N3O6S2. The lowest BCUT2D eigenvalue weighted by molar-refractivity contribution is -0.138. The lowest BCUT2D eigenvalue weighted by Gasteiger charge is -2.21. The van der Waals surface area contributed by atoms with Gasteiger partial charge in [0.05, 0.1) is 6.54 Å². The Kier molecular flexibility index (Phi) is 11.3. The molecule has 0 aliphatic carbocycles. The number of carboxylic acids is 1. The van der Waals surface area contributed by atoms with E-state index in [-0.39, 0.29) is 12.4 Å². The molecule has 0 heterocycles. The van der Waals surface area contributed by atoms with Gasteiger partial charge in [0.2, 0.25) is 0 Å². The molecule has 1 atom stereocenters. The summed E-state index contributed by atoms with van der Waals surface area (Å²) in [4.78, 5) is 42.7. The van der Waals surface area contributed by atoms with E-state index >= 15 is 0 Å². The van der Waals surface area contributed by atoms with Gasteiger partial charge in [-0.3, -0.25) is 4.79 Å². The van der Waals surface area contributed by atoms with Crippen molar-refractivity contribution in [1.82, 2.24) is 5.06 Å². The fourth-order valence-electron chi connectivity index (χ4n) is 1.33. The van der Waals surface area contributed by atoms with Crippen LogP contribution in [0.25, 0.3) is 0 Å². The highest BCUT2D eigenvalue weighted by molar-refractivity contribution is 8.12. The average molecular weight is 367 g/mol. The minimum atomic E-state index is -1.06. The van der Waals surface area contributed by atoms with Gasteiger partial charge in [0.1, 0.15) is 6.04 Å². The van der Waals surface area contributed by atoms with Gasteiger partial charge in [-0.05, 0) is 55.3 Å². The van der Waals surface area contributed by atoms with Crippen molar-refractivity contribution < 1.29 is 29.2 Å². The number of carbonyl (C=O) groups excluding carboxylic acids is 2. The Hall–Kier alpha value is -1.46. The molecule has 0 aliphatic heterocycles. The summed E-state index contributed by atoms with van der Waals surface area (Å²) in [6, 6.07) is -0.922. The van der Waals surface area contributed by atoms with E-state index in [1.54, 1.807) is 12.5 Å². The number of amidine groups is 1. The zero-order chi connectivity index (χ0) is 17.8. The van der Waals surface area contributed by atoms with Gasteiger partial charge in [-0.2, -0.15) is 5.06 Å². The number of hydrogen-bond acceptors (Lipinski definition) is 9. The normalized spacial score (nSPS) is 12.4. The lowest BCUT2D eigenvalue weighted by atomic mass is 10.1. The first-order valence-corrected chi connectivity index (χ1v) is 9.08. The van der Waals surface area contributed by atoms with Gasteiger partial charge in [0.15, 0.2) is 5.84 Å². The summed E-state index contributed by atoms with van der Waals surface area (Å²) in [5.74, 6) is -0.866. The molecule has 0 aromatic carbocycles. The van der Waals surface area contributed by atoms with E-state index in [2.05, 4.69) is 9.99 Å². The molecule has 0 radical (unpaired) electrons. The van der Waals surface area contributed by atoms with Crippen LogP contribution in [0.5, 0.6) is 0 Å². The molecular weight excluding hydrogens is 346 g/mol. The Morgan fingerprint density at radius 1 is 1.22 bits per heavy atom. The third-order valence-corrected chi connectivity index (χ3v) is 3.39. The highest BCUT2D eigenvalue weighted by atomic mass is 32.2. The van der Waals surface area contributed by atoms with Crippen LogP contribution in [0.4, 0.5) is 9.59 Å². The third kappa shape index (κ3) is 10.0. The van der Waals surface area contributed by atoms with Gasteiger partial charge in [-0.15, -0.1) is 0 Å². The van der Waals surface area contributed by atoms with Gasteiger partial charge < -0.3 is 20.5 Å². The molecule has 0 saturated carbocycles. The first kappa shape index (κ1) is 21.5. The highest BCUT2D eigenvalue weighted by Gasteiger charge is 2.15. The van der Waals surface area contributed by atoms with E-state index < -0.39 is 22.6 Å². The van der Waals surface area contributed by atoms with E-state index in [0.29, 0.717) is 19.3 Å². The molecule has 0 spiro atoms. The second-order valence-corrected chi connectivity index (χ2v) is 5.76. The molecule has 0 rings (SSSR count). The van der Waals surface area contributed by atoms with Crippen molar-refractivity contribution >= 4 is 45.9 Å². The fraction of sp³-hybridized carbons (Fsp3) is 0.667. The number of hydroxylamine groups is 2. The standard InChI is InChI=1S/C12H21N3O6S2/c1-8(14-20-11(18)22-2)15(21-12(19)23-3)7-5-4-6-9(13)10(16)17/h9H,4-7,13H2,1-3H3,(H,16,17). The van der Waals surface area contributed by atoms with E-state index in [0.717, 1.165) is 23.5 Å². The number of carboxylic acid groups (broad SMARTS) is 1. The predicted molar refractivity (Wildman–Crippen MR) is 89.3 cm³/mol. The molecule has 132 valence electrons. The molecule has 9 nitrogen and oxygen atoms in total. The van der Waals surface area contributed by atoms with Crippen LogP contribution in [0.1, 0.15) is 26.2 Å². The van der Waals surface area contributed by atoms with Crippen LogP contribution < -0.4 is 5.73 Å². The summed E-state index contributed by atoms with van der Waals surface area (Å²) in [6.45, 7) is 1.79. The summed E-state index contributed by atoms with van der Waals surface area (Å²) >= 11 is 1.74. The van der Waals surface area contributed by atoms with Crippen LogP contribution in [0.2, 0.25) is 0 Å². The molecule has 0 fully saturated rings. The van der Waals surface area contributed by atoms with Gasteiger partial charge in [-0.1, -0.05) is 5.16 Å². The van der Waals surface area contributed by atoms with Crippen LogP contribution in [-0.2, 0) is 14.5 Å². The summed E-state index contributed by atoms with van der Waals surface area (Å²) in [5.41, 5.74) is 5.41. The fourth-order valence-corrected chi connectivity index (χ4v) is 1.61. The SMILES string of the molecule is CSC(=O)ON=C(C)N(CCCCC(N)C(=O)O)OC(=O)SC. The monoisotopic (exact) mass is 367 g/mol. The number of aliphatic carboxylic acids is 1. The van der Waals surface area contributed by atoms with Gasteiger partial charge in [-0.25, -0.2) is 9.59 Å². The predicted octanol–water partition coefficient (Wildman–Crippen LogP) is 2.12. The minimum absolute atomic E-state index is 0.192. The van der Waals surface area contributed by atoms with Crippen LogP contribution in [0, 0.1) is 0 Å². The van der Waals surface area contributed by atoms with Crippen molar-refractivity contribution in [3.05, 3.63) is 0 Å². The zero-order valence-corrected chi connectivity index (χ0v) is 14.8. The Balaban J connectivity index is 4.53. The molecule has 0 aliphatic rings. The third-order valence-electron chi connectivity index (χ3n) is 2.57. The van der Waals surface area contributed by atoms with Crippen molar-refractivity contribution in [2.24, 2.45) is 10.9 Å². The Bertz CT molecular complexity index is 447. The minimum Gasteiger partial charge on any atom is -0.480 e. The van der Waals surface area contributed by atoms with Gasteiger partial charge in [0, 0.05) is 6.92 Å². The summed E-state index contributed by atoms with van der Waals surface area (Å²) in [6.07, 6.45) is 4.46. The number of nitrogens with two attached hydrogens (primary N) is 1. The van der Waals surface area contributed by atoms with Crippen molar-refractivity contribution in [1.29, 1.82) is 0 Å². The molecule has 23 heavy (non-hydrogen) atoms. The average Bonchev–Trinajstić information content (AvgIpc) is 2.54. The number of rotatable bonds is 7. The Morgan fingerprint density at radius 2 is 1.83 bits per heavy atom. The first-order valence-electron chi connectivity index (χ1n) is 6.63. The van der Waals surface area contributed by atoms with Crippen LogP contribution in [0.15, 0.2) is 5.16 Å². The molecule has 11 heteroatoms. The van der Waals surface area contributed by atoms with Crippen molar-refractivity contribution in [2.75, 3.05) is 19.1 Å². The zero-order valence-electron chi connectivity index (χ0n) is 13.2. The van der Waals surface area contributed by atoms with Gasteiger partial charge in [0.25, 0.3) is 0 Å². The van der Waals surface area contributed by atoms with E-state index in [1.807, 2.05) is 0 Å². The lowest BCUT2D eigenvalue weighted by Crippen LogP contribution is -2.33. The van der Waals surface area contributed by atoms with Crippen LogP contribution >= 0.6 is 23.5 Å². The number of carbonyl (C=O) groups is 3. The Labute approximate surface area is 142 Å². The summed E-state index contributed by atoms with van der Waals surface area (Å²) in [7, 11) is 0. The second kappa shape index (κ2) is 12.0. The molecule has 0 saturated heterocycles. The molecule has 0 bridgehead atoms. The highest BCUT2D eigenvalue weighted by Crippen LogP contribution is 2.09. The number of oxime groups is 1. The summed E-state index contributed by atoms with van der Waals surface area (Å²) < 4.78 is 0. The number of unbranched alkanes of at least 4 members (excludes halogenated alkanes) is 1. The smallest absolute Gasteiger partial charge is 0.393 e. The van der Waals surface area contributed by atoms with Crippen LogP contribution in [0.3, 0.4) is 0 Å². The number of thioether (sulfide) groups is 2. The largest absolute Gasteiger partial charge is 0.480 e. The quantitative estimate of drug-likeness (QED) is 0.227. The summed E-state index contributed by atoms with van der Waals surface area (Å²) in [5, 5.41) is 12.3. The van der Waals surface area contributed by atoms with Crippen LogP contribution in [-0.4, -0.2) is 57.7 Å². The molecule has 0 aromatic heterocycles. The van der Waals surface area contributed by atoms with Crippen molar-refractivity contribution in [3.8, 4) is 0 Å². The number of nitrogens with zero attached hydrogens (tertiary/aromatic N) is 2. The van der Waals surface area contributed by atoms with Crippen molar-refractivity contribution in [3.63, 3.8) is 0 Å². The first-order chi connectivity index (χ1) is 10.8. The maximum Gasteiger partial charge on any atom is 0.393 e. The van der Waals surface area contributed by atoms with E-state index in [9.17, 15) is 14.4 Å². The van der Waals surface area contributed by atoms with E-state index in [4.69, 9.17) is 15.7 Å². The maximum atomic E-state index is 11.4. The van der Waals surface area contributed by atoms with E-state index in [1.165, 1.54) is 12.0 Å². The molecule has 3 N–H and O–H groups in total. The van der Waals surface area contributed by atoms with Gasteiger partial charge >= 0.3 is 16.6 Å². The number of hydrogen-bond donors (Lipinski definition) is 2. The van der Waals surface area contributed by atoms with Crippen molar-refractivity contribution in [2.45, 2.75) is 32.2 Å². The maximum absolute atomic E-state index is 11.4. The Morgan fingerprint density at radius 3 is 2.35 bits per heavy atom. The molecule has 0 amide bonds. The second-order valence-electron chi connectivity index (χ2n) is 4.27. The molecule has 0 aromatic rings. The topological polar surface area (TPSA) is 132 Å².